The van der Waals surface area contributed by atoms with Crippen LogP contribution in [0.2, 0.25) is 0 Å². The van der Waals surface area contributed by atoms with E-state index in [0.29, 0.717) is 0 Å². The summed E-state index contributed by atoms with van der Waals surface area (Å²) in [6.45, 7) is 2.57. The van der Waals surface area contributed by atoms with Crippen LogP contribution in [0.3, 0.4) is 0 Å². The molecular formula is C28H51NaO3S. The molecule has 0 bridgehead atoms. The fourth-order valence-electron chi connectivity index (χ4n) is 4.18. The number of benzene rings is 1. The van der Waals surface area contributed by atoms with Crippen molar-refractivity contribution < 1.29 is 12.6 Å². The number of hydrogen-bond donors (Lipinski definition) is 0. The van der Waals surface area contributed by atoms with Gasteiger partial charge in [-0.05, 0) is 18.6 Å². The predicted octanol–water partition coefficient (Wildman–Crippen LogP) is 8.57. The molecule has 0 saturated heterocycles. The standard InChI is InChI=1S/C28H50O3S.Na.H/c1-2-3-4-5-6-7-8-9-10-11-12-13-14-15-16-17-18-19-20-24-27-31-32(29,30)28-25-22-21-23-26-28;;/h21-23,25-26H,2-20,24,27H2,1H3;;. The van der Waals surface area contributed by atoms with Crippen LogP contribution in [0.15, 0.2) is 35.2 Å². The van der Waals surface area contributed by atoms with Gasteiger partial charge in [0.05, 0.1) is 11.5 Å². The van der Waals surface area contributed by atoms with Gasteiger partial charge in [0, 0.05) is 0 Å². The fourth-order valence-corrected chi connectivity index (χ4v) is 5.14. The first kappa shape index (κ1) is 33.1. The maximum atomic E-state index is 12.0. The van der Waals surface area contributed by atoms with E-state index in [2.05, 4.69) is 6.92 Å². The summed E-state index contributed by atoms with van der Waals surface area (Å²) in [7, 11) is -3.59. The van der Waals surface area contributed by atoms with Crippen molar-refractivity contribution >= 4 is 39.7 Å². The summed E-state index contributed by atoms with van der Waals surface area (Å²) in [5.74, 6) is 0. The summed E-state index contributed by atoms with van der Waals surface area (Å²) in [5.41, 5.74) is 0. The second-order valence-electron chi connectivity index (χ2n) is 9.31. The molecule has 1 rings (SSSR count). The van der Waals surface area contributed by atoms with Crippen molar-refractivity contribution in [2.24, 2.45) is 0 Å². The second-order valence-corrected chi connectivity index (χ2v) is 10.9. The third-order valence-corrected chi connectivity index (χ3v) is 7.59. The van der Waals surface area contributed by atoms with Crippen molar-refractivity contribution in [3.05, 3.63) is 30.3 Å². The molecule has 0 atom stereocenters. The van der Waals surface area contributed by atoms with Crippen molar-refractivity contribution in [2.45, 2.75) is 140 Å². The molecule has 0 heterocycles. The Kier molecular flexibility index (Phi) is 23.9. The Morgan fingerprint density at radius 3 is 1.24 bits per heavy atom. The van der Waals surface area contributed by atoms with Gasteiger partial charge in [0.2, 0.25) is 0 Å². The molecule has 0 aliphatic rings. The molecule has 3 nitrogen and oxygen atoms in total. The average Bonchev–Trinajstić information content (AvgIpc) is 2.80. The monoisotopic (exact) mass is 490 g/mol. The molecule has 0 aromatic heterocycles. The van der Waals surface area contributed by atoms with Gasteiger partial charge in [0.25, 0.3) is 10.1 Å². The molecule has 0 aliphatic carbocycles. The summed E-state index contributed by atoms with van der Waals surface area (Å²) in [4.78, 5) is 0.244. The second kappa shape index (κ2) is 23.9. The van der Waals surface area contributed by atoms with Gasteiger partial charge in [-0.2, -0.15) is 8.42 Å². The Hall–Kier alpha value is 0.130. The van der Waals surface area contributed by atoms with Gasteiger partial charge in [0.1, 0.15) is 0 Å². The van der Waals surface area contributed by atoms with Crippen molar-refractivity contribution in [3.8, 4) is 0 Å². The van der Waals surface area contributed by atoms with Crippen LogP contribution in [0.25, 0.3) is 0 Å². The van der Waals surface area contributed by atoms with Crippen molar-refractivity contribution in [2.75, 3.05) is 6.61 Å². The van der Waals surface area contributed by atoms with E-state index in [1.54, 1.807) is 30.3 Å². The first-order valence-corrected chi connectivity index (χ1v) is 15.0. The van der Waals surface area contributed by atoms with Gasteiger partial charge in [-0.3, -0.25) is 4.18 Å². The van der Waals surface area contributed by atoms with Crippen molar-refractivity contribution in [3.63, 3.8) is 0 Å². The van der Waals surface area contributed by atoms with E-state index in [1.807, 2.05) is 0 Å². The Labute approximate surface area is 228 Å². The van der Waals surface area contributed by atoms with Crippen LogP contribution >= 0.6 is 0 Å². The molecule has 33 heavy (non-hydrogen) atoms. The Morgan fingerprint density at radius 1 is 0.545 bits per heavy atom. The molecule has 0 unspecified atom stereocenters. The summed E-state index contributed by atoms with van der Waals surface area (Å²) in [6.07, 6.45) is 26.8. The fraction of sp³-hybridized carbons (Fsp3) is 0.786. The van der Waals surface area contributed by atoms with Gasteiger partial charge >= 0.3 is 29.6 Å². The van der Waals surface area contributed by atoms with E-state index in [9.17, 15) is 8.42 Å². The number of rotatable bonds is 23. The molecule has 0 aliphatic heterocycles. The minimum atomic E-state index is -3.59. The zero-order valence-electron chi connectivity index (χ0n) is 20.9. The normalized spacial score (nSPS) is 11.4. The van der Waals surface area contributed by atoms with Crippen LogP contribution in [0.4, 0.5) is 0 Å². The third kappa shape index (κ3) is 20.1. The van der Waals surface area contributed by atoms with E-state index in [-0.39, 0.29) is 41.1 Å². The average molecular weight is 491 g/mol. The first-order valence-electron chi connectivity index (χ1n) is 13.6. The molecule has 188 valence electrons. The van der Waals surface area contributed by atoms with Crippen LogP contribution < -0.4 is 0 Å². The summed E-state index contributed by atoms with van der Waals surface area (Å²) < 4.78 is 29.1. The third-order valence-electron chi connectivity index (χ3n) is 6.27. The SMILES string of the molecule is CCCCCCCCCCCCCCCCCCCCCCOS(=O)(=O)c1ccccc1.[NaH]. The molecule has 1 aromatic rings. The van der Waals surface area contributed by atoms with Gasteiger partial charge in [-0.1, -0.05) is 147 Å². The van der Waals surface area contributed by atoms with E-state index in [1.165, 1.54) is 116 Å². The molecule has 0 fully saturated rings. The van der Waals surface area contributed by atoms with E-state index in [4.69, 9.17) is 4.18 Å². The summed E-state index contributed by atoms with van der Waals surface area (Å²) >= 11 is 0. The van der Waals surface area contributed by atoms with Crippen molar-refractivity contribution in [1.29, 1.82) is 0 Å². The number of hydrogen-bond acceptors (Lipinski definition) is 3. The quantitative estimate of drug-likeness (QED) is 0.0876. The first-order chi connectivity index (χ1) is 15.7. The molecule has 1 aromatic carbocycles. The van der Waals surface area contributed by atoms with Crippen LogP contribution in [0, 0.1) is 0 Å². The minimum absolute atomic E-state index is 0. The Morgan fingerprint density at radius 2 is 0.879 bits per heavy atom. The van der Waals surface area contributed by atoms with Crippen LogP contribution in [-0.4, -0.2) is 44.6 Å². The predicted molar refractivity (Wildman–Crippen MR) is 145 cm³/mol. The van der Waals surface area contributed by atoms with Crippen LogP contribution in [0.5, 0.6) is 0 Å². The molecule has 0 spiro atoms. The Bertz CT molecular complexity index is 619. The zero-order valence-corrected chi connectivity index (χ0v) is 21.7. The van der Waals surface area contributed by atoms with Crippen molar-refractivity contribution in [1.82, 2.24) is 0 Å². The molecule has 0 radical (unpaired) electrons. The molecule has 0 N–H and O–H groups in total. The van der Waals surface area contributed by atoms with Gasteiger partial charge in [-0.15, -0.1) is 0 Å². The topological polar surface area (TPSA) is 43.4 Å². The molecule has 5 heteroatoms. The summed E-state index contributed by atoms with van der Waals surface area (Å²) in [5, 5.41) is 0. The van der Waals surface area contributed by atoms with E-state index >= 15 is 0 Å². The van der Waals surface area contributed by atoms with Gasteiger partial charge in [0.15, 0.2) is 0 Å². The summed E-state index contributed by atoms with van der Waals surface area (Å²) in [6, 6.07) is 8.39. The van der Waals surface area contributed by atoms with Crippen LogP contribution in [0.1, 0.15) is 135 Å². The van der Waals surface area contributed by atoms with E-state index < -0.39 is 10.1 Å². The molecule has 0 amide bonds. The maximum absolute atomic E-state index is 12.0. The molecule has 0 saturated carbocycles. The van der Waals surface area contributed by atoms with Crippen LogP contribution in [-0.2, 0) is 14.3 Å². The molecular weight excluding hydrogens is 439 g/mol. The van der Waals surface area contributed by atoms with E-state index in [0.717, 1.165) is 12.8 Å². The zero-order chi connectivity index (χ0) is 23.2. The Balaban J connectivity index is 0.0000102. The number of unbranched alkanes of at least 4 members (excludes halogenated alkanes) is 19. The van der Waals surface area contributed by atoms with Gasteiger partial charge < -0.3 is 0 Å². The van der Waals surface area contributed by atoms with Gasteiger partial charge in [-0.25, -0.2) is 0 Å².